The normalized spacial score (nSPS) is 32.4. The molecule has 1 unspecified atom stereocenters. The molecular formula is C14H25N3O. The first kappa shape index (κ1) is 12.4. The number of hydrogen-bond donors (Lipinski definition) is 1. The van der Waals surface area contributed by atoms with E-state index in [9.17, 15) is 4.79 Å². The van der Waals surface area contributed by atoms with Crippen LogP contribution in [-0.2, 0) is 4.79 Å². The molecule has 1 amide bonds. The summed E-state index contributed by atoms with van der Waals surface area (Å²) in [5, 5.41) is 3.47. The molecule has 1 aliphatic carbocycles. The molecule has 1 saturated carbocycles. The molecule has 0 aromatic rings. The van der Waals surface area contributed by atoms with Crippen LogP contribution in [0.2, 0.25) is 0 Å². The van der Waals surface area contributed by atoms with Crippen LogP contribution in [0.1, 0.15) is 39.0 Å². The fraction of sp³-hybridized carbons (Fsp3) is 0.929. The molecule has 1 N–H and O–H groups in total. The summed E-state index contributed by atoms with van der Waals surface area (Å²) in [7, 11) is 2.20. The van der Waals surface area contributed by atoms with Crippen molar-refractivity contribution in [2.24, 2.45) is 5.92 Å². The first-order valence-corrected chi connectivity index (χ1v) is 7.38. The van der Waals surface area contributed by atoms with E-state index >= 15 is 0 Å². The third-order valence-electron chi connectivity index (χ3n) is 4.99. The van der Waals surface area contributed by atoms with Gasteiger partial charge in [-0.2, -0.15) is 0 Å². The number of likely N-dealkylation sites (tertiary alicyclic amines) is 1. The van der Waals surface area contributed by atoms with Gasteiger partial charge in [0.05, 0.1) is 11.7 Å². The molecule has 2 aliphatic heterocycles. The predicted octanol–water partition coefficient (Wildman–Crippen LogP) is 1.03. The van der Waals surface area contributed by atoms with Crippen LogP contribution < -0.4 is 5.32 Å². The van der Waals surface area contributed by atoms with Gasteiger partial charge in [0.15, 0.2) is 0 Å². The summed E-state index contributed by atoms with van der Waals surface area (Å²) in [6, 6.07) is 0. The van der Waals surface area contributed by atoms with E-state index in [2.05, 4.69) is 29.1 Å². The zero-order chi connectivity index (χ0) is 12.8. The molecule has 3 rings (SSSR count). The van der Waals surface area contributed by atoms with E-state index in [1.54, 1.807) is 0 Å². The van der Waals surface area contributed by atoms with E-state index in [1.807, 2.05) is 0 Å². The fourth-order valence-corrected chi connectivity index (χ4v) is 3.44. The number of hydrogen-bond acceptors (Lipinski definition) is 3. The Balaban J connectivity index is 1.50. The minimum atomic E-state index is -0.133. The van der Waals surface area contributed by atoms with Crippen LogP contribution in [0.4, 0.5) is 0 Å². The molecule has 4 nitrogen and oxygen atoms in total. The number of carbonyl (C=O) groups is 1. The lowest BCUT2D eigenvalue weighted by Gasteiger charge is -2.30. The van der Waals surface area contributed by atoms with Gasteiger partial charge in [0.25, 0.3) is 0 Å². The maximum absolute atomic E-state index is 12.3. The maximum Gasteiger partial charge on any atom is 0.244 e. The average Bonchev–Trinajstić information content (AvgIpc) is 3.07. The monoisotopic (exact) mass is 251 g/mol. The lowest BCUT2D eigenvalue weighted by molar-refractivity contribution is -0.130. The molecule has 1 spiro atoms. The summed E-state index contributed by atoms with van der Waals surface area (Å²) in [5.74, 6) is 1.18. The highest BCUT2D eigenvalue weighted by Gasteiger charge is 2.57. The third kappa shape index (κ3) is 2.16. The zero-order valence-electron chi connectivity index (χ0n) is 11.6. The number of piperidine rings is 1. The van der Waals surface area contributed by atoms with E-state index in [-0.39, 0.29) is 11.7 Å². The molecule has 18 heavy (non-hydrogen) atoms. The van der Waals surface area contributed by atoms with Gasteiger partial charge in [0, 0.05) is 6.54 Å². The number of rotatable bonds is 3. The van der Waals surface area contributed by atoms with Crippen molar-refractivity contribution in [2.45, 2.75) is 50.7 Å². The summed E-state index contributed by atoms with van der Waals surface area (Å²) < 4.78 is 0. The molecule has 3 aliphatic rings. The van der Waals surface area contributed by atoms with Gasteiger partial charge in [0.2, 0.25) is 5.91 Å². The van der Waals surface area contributed by atoms with Crippen LogP contribution in [0.5, 0.6) is 0 Å². The number of nitrogens with one attached hydrogen (secondary N) is 1. The molecule has 0 radical (unpaired) electrons. The molecule has 1 atom stereocenters. The Kier molecular flexibility index (Phi) is 3.10. The van der Waals surface area contributed by atoms with Gasteiger partial charge >= 0.3 is 0 Å². The summed E-state index contributed by atoms with van der Waals surface area (Å²) in [4.78, 5) is 16.8. The Labute approximate surface area is 110 Å². The minimum absolute atomic E-state index is 0.133. The van der Waals surface area contributed by atoms with Crippen LogP contribution in [0.25, 0.3) is 0 Å². The molecule has 4 heteroatoms. The van der Waals surface area contributed by atoms with Crippen molar-refractivity contribution in [3.8, 4) is 0 Å². The highest BCUT2D eigenvalue weighted by molar-refractivity contribution is 5.91. The highest BCUT2D eigenvalue weighted by atomic mass is 16.2. The molecule has 2 heterocycles. The number of nitrogens with zero attached hydrogens (tertiary/aromatic N) is 2. The van der Waals surface area contributed by atoms with Crippen LogP contribution in [0.15, 0.2) is 0 Å². The number of carbonyl (C=O) groups excluding carboxylic acids is 1. The Morgan fingerprint density at radius 1 is 1.33 bits per heavy atom. The van der Waals surface area contributed by atoms with E-state index in [4.69, 9.17) is 0 Å². The maximum atomic E-state index is 12.3. The van der Waals surface area contributed by atoms with E-state index in [0.29, 0.717) is 5.91 Å². The van der Waals surface area contributed by atoms with Gasteiger partial charge in [-0.1, -0.05) is 0 Å². The first-order chi connectivity index (χ1) is 8.61. The van der Waals surface area contributed by atoms with E-state index in [1.165, 1.54) is 32.4 Å². The second-order valence-corrected chi connectivity index (χ2v) is 6.44. The summed E-state index contributed by atoms with van der Waals surface area (Å²) in [5.41, 5.74) is -0.133. The molecule has 102 valence electrons. The number of amides is 1. The topological polar surface area (TPSA) is 35.6 Å². The third-order valence-corrected chi connectivity index (χ3v) is 4.99. The van der Waals surface area contributed by atoms with Crippen molar-refractivity contribution in [1.82, 2.24) is 15.1 Å². The quantitative estimate of drug-likeness (QED) is 0.814. The molecule has 3 fully saturated rings. The second-order valence-electron chi connectivity index (χ2n) is 6.44. The second kappa shape index (κ2) is 4.49. The van der Waals surface area contributed by atoms with Crippen molar-refractivity contribution < 1.29 is 4.79 Å². The minimum Gasteiger partial charge on any atom is -0.326 e. The molecule has 2 saturated heterocycles. The fourth-order valence-electron chi connectivity index (χ4n) is 3.44. The van der Waals surface area contributed by atoms with Crippen LogP contribution in [0, 0.1) is 5.92 Å². The molecule has 0 bridgehead atoms. The zero-order valence-corrected chi connectivity index (χ0v) is 11.6. The van der Waals surface area contributed by atoms with Crippen molar-refractivity contribution >= 4 is 5.91 Å². The van der Waals surface area contributed by atoms with E-state index in [0.717, 1.165) is 25.3 Å². The van der Waals surface area contributed by atoms with Gasteiger partial charge in [-0.25, -0.2) is 0 Å². The predicted molar refractivity (Wildman–Crippen MR) is 71.1 cm³/mol. The van der Waals surface area contributed by atoms with Crippen molar-refractivity contribution in [3.63, 3.8) is 0 Å². The molecular weight excluding hydrogens is 226 g/mol. The Hall–Kier alpha value is -0.610. The SMILES string of the molecule is CC1NC2(CC2)C(=O)N1CCC1CCN(C)CC1. The van der Waals surface area contributed by atoms with Crippen molar-refractivity contribution in [1.29, 1.82) is 0 Å². The largest absolute Gasteiger partial charge is 0.326 e. The van der Waals surface area contributed by atoms with Gasteiger partial charge in [-0.05, 0) is 65.1 Å². The van der Waals surface area contributed by atoms with Crippen LogP contribution in [-0.4, -0.2) is 54.1 Å². The standard InChI is InChI=1S/C14H25N3O/c1-11-15-14(6-7-14)13(18)17(11)10-5-12-3-8-16(2)9-4-12/h11-12,15H,3-10H2,1-2H3. The van der Waals surface area contributed by atoms with Crippen molar-refractivity contribution in [2.75, 3.05) is 26.7 Å². The smallest absolute Gasteiger partial charge is 0.244 e. The van der Waals surface area contributed by atoms with Crippen LogP contribution >= 0.6 is 0 Å². The summed E-state index contributed by atoms with van der Waals surface area (Å²) in [6.07, 6.45) is 6.10. The molecule has 0 aromatic carbocycles. The van der Waals surface area contributed by atoms with Gasteiger partial charge in [0.1, 0.15) is 0 Å². The summed E-state index contributed by atoms with van der Waals surface area (Å²) >= 11 is 0. The lowest BCUT2D eigenvalue weighted by Crippen LogP contribution is -2.37. The molecule has 0 aromatic heterocycles. The van der Waals surface area contributed by atoms with E-state index < -0.39 is 0 Å². The Morgan fingerprint density at radius 2 is 2.00 bits per heavy atom. The lowest BCUT2D eigenvalue weighted by atomic mass is 9.93. The highest BCUT2D eigenvalue weighted by Crippen LogP contribution is 2.42. The van der Waals surface area contributed by atoms with Crippen LogP contribution in [0.3, 0.4) is 0 Å². The Bertz CT molecular complexity index is 332. The van der Waals surface area contributed by atoms with Gasteiger partial charge < -0.3 is 9.80 Å². The Morgan fingerprint density at radius 3 is 2.56 bits per heavy atom. The van der Waals surface area contributed by atoms with Gasteiger partial charge in [-0.3, -0.25) is 10.1 Å². The van der Waals surface area contributed by atoms with Gasteiger partial charge in [-0.15, -0.1) is 0 Å². The first-order valence-electron chi connectivity index (χ1n) is 7.38. The summed E-state index contributed by atoms with van der Waals surface area (Å²) in [6.45, 7) is 5.51. The average molecular weight is 251 g/mol. The van der Waals surface area contributed by atoms with Crippen molar-refractivity contribution in [3.05, 3.63) is 0 Å².